The molecule has 1 heterocycles. The first-order chi connectivity index (χ1) is 10.2. The van der Waals surface area contributed by atoms with Gasteiger partial charge in [0.25, 0.3) is 0 Å². The molecule has 0 radical (unpaired) electrons. The molecule has 2 aromatic carbocycles. The van der Waals surface area contributed by atoms with E-state index in [4.69, 9.17) is 4.98 Å². The lowest BCUT2D eigenvalue weighted by Gasteiger charge is -2.15. The minimum atomic E-state index is 0.465. The van der Waals surface area contributed by atoms with Gasteiger partial charge in [0.1, 0.15) is 5.82 Å². The van der Waals surface area contributed by atoms with Gasteiger partial charge in [0.2, 0.25) is 0 Å². The predicted octanol–water partition coefficient (Wildman–Crippen LogP) is 5.33. The number of rotatable bonds is 4. The van der Waals surface area contributed by atoms with Crippen LogP contribution in [0.5, 0.6) is 0 Å². The van der Waals surface area contributed by atoms with E-state index in [1.54, 1.807) is 0 Å². The molecule has 0 aliphatic rings. The first kappa shape index (κ1) is 13.9. The fourth-order valence-electron chi connectivity index (χ4n) is 2.75. The van der Waals surface area contributed by atoms with Crippen LogP contribution in [0.1, 0.15) is 38.7 Å². The Labute approximate surface area is 126 Å². The summed E-state index contributed by atoms with van der Waals surface area (Å²) >= 11 is 0. The highest BCUT2D eigenvalue weighted by molar-refractivity contribution is 6.05. The Hall–Kier alpha value is -2.09. The van der Waals surface area contributed by atoms with Crippen LogP contribution in [-0.2, 0) is 0 Å². The normalized spacial score (nSPS) is 11.4. The molecule has 0 saturated carbocycles. The van der Waals surface area contributed by atoms with Crippen LogP contribution in [0.15, 0.2) is 42.5 Å². The third kappa shape index (κ3) is 2.58. The second-order valence-electron chi connectivity index (χ2n) is 5.87. The van der Waals surface area contributed by atoms with Crippen molar-refractivity contribution in [3.8, 4) is 0 Å². The standard InChI is InChI=1S/C19H22N2/c1-4-11-20-19-17(13(2)3)12-15-10-9-14-7-5-6-8-16(14)18(15)21-19/h5-10,12-13H,4,11H2,1-3H3,(H,20,21). The molecule has 0 aliphatic carbocycles. The zero-order valence-electron chi connectivity index (χ0n) is 13.0. The van der Waals surface area contributed by atoms with E-state index in [0.717, 1.165) is 24.3 Å². The lowest BCUT2D eigenvalue weighted by atomic mass is 9.99. The van der Waals surface area contributed by atoms with Crippen LogP contribution in [0.25, 0.3) is 21.7 Å². The Kier molecular flexibility index (Phi) is 3.78. The first-order valence-electron chi connectivity index (χ1n) is 7.77. The second kappa shape index (κ2) is 5.72. The molecule has 0 aliphatic heterocycles. The van der Waals surface area contributed by atoms with Gasteiger partial charge in [-0.1, -0.05) is 57.2 Å². The highest BCUT2D eigenvalue weighted by atomic mass is 15.0. The SMILES string of the molecule is CCCNc1nc2c(ccc3ccccc32)cc1C(C)C. The zero-order valence-corrected chi connectivity index (χ0v) is 13.0. The van der Waals surface area contributed by atoms with Crippen molar-refractivity contribution in [1.29, 1.82) is 0 Å². The van der Waals surface area contributed by atoms with Gasteiger partial charge in [-0.2, -0.15) is 0 Å². The Bertz CT molecular complexity index is 775. The van der Waals surface area contributed by atoms with Crippen LogP contribution in [0.4, 0.5) is 5.82 Å². The highest BCUT2D eigenvalue weighted by Crippen LogP contribution is 2.30. The number of aromatic nitrogens is 1. The summed E-state index contributed by atoms with van der Waals surface area (Å²) < 4.78 is 0. The van der Waals surface area contributed by atoms with Gasteiger partial charge in [-0.3, -0.25) is 0 Å². The van der Waals surface area contributed by atoms with E-state index in [2.05, 4.69) is 68.6 Å². The van der Waals surface area contributed by atoms with Gasteiger partial charge in [0.15, 0.2) is 0 Å². The van der Waals surface area contributed by atoms with Crippen molar-refractivity contribution < 1.29 is 0 Å². The molecule has 108 valence electrons. The van der Waals surface area contributed by atoms with Crippen LogP contribution in [0, 0.1) is 0 Å². The molecule has 2 nitrogen and oxygen atoms in total. The molecule has 0 amide bonds. The first-order valence-corrected chi connectivity index (χ1v) is 7.77. The third-order valence-electron chi connectivity index (χ3n) is 3.90. The number of hydrogen-bond donors (Lipinski definition) is 1. The van der Waals surface area contributed by atoms with Gasteiger partial charge >= 0.3 is 0 Å². The fourth-order valence-corrected chi connectivity index (χ4v) is 2.75. The Morgan fingerprint density at radius 1 is 1.05 bits per heavy atom. The Morgan fingerprint density at radius 2 is 1.81 bits per heavy atom. The van der Waals surface area contributed by atoms with Gasteiger partial charge in [0, 0.05) is 17.3 Å². The summed E-state index contributed by atoms with van der Waals surface area (Å²) in [7, 11) is 0. The number of benzene rings is 2. The molecule has 3 aromatic rings. The molecule has 0 atom stereocenters. The minimum absolute atomic E-state index is 0.465. The smallest absolute Gasteiger partial charge is 0.130 e. The molecule has 1 aromatic heterocycles. The molecule has 3 rings (SSSR count). The van der Waals surface area contributed by atoms with Gasteiger partial charge < -0.3 is 5.32 Å². The van der Waals surface area contributed by atoms with E-state index in [-0.39, 0.29) is 0 Å². The molecular weight excluding hydrogens is 256 g/mol. The van der Waals surface area contributed by atoms with Crippen molar-refractivity contribution in [1.82, 2.24) is 4.98 Å². The van der Waals surface area contributed by atoms with Crippen LogP contribution in [0.3, 0.4) is 0 Å². The molecular formula is C19H22N2. The van der Waals surface area contributed by atoms with E-state index in [1.807, 2.05) is 0 Å². The number of anilines is 1. The Balaban J connectivity index is 2.27. The molecule has 2 heteroatoms. The average Bonchev–Trinajstić information content (AvgIpc) is 2.51. The minimum Gasteiger partial charge on any atom is -0.370 e. The fraction of sp³-hybridized carbons (Fsp3) is 0.316. The van der Waals surface area contributed by atoms with Crippen molar-refractivity contribution in [2.75, 3.05) is 11.9 Å². The Morgan fingerprint density at radius 3 is 2.57 bits per heavy atom. The molecule has 1 N–H and O–H groups in total. The third-order valence-corrected chi connectivity index (χ3v) is 3.90. The van der Waals surface area contributed by atoms with Crippen LogP contribution in [0.2, 0.25) is 0 Å². The van der Waals surface area contributed by atoms with Gasteiger partial charge in [0.05, 0.1) is 5.52 Å². The quantitative estimate of drug-likeness (QED) is 0.652. The number of pyridine rings is 1. The van der Waals surface area contributed by atoms with Gasteiger partial charge in [-0.15, -0.1) is 0 Å². The van der Waals surface area contributed by atoms with Crippen LogP contribution in [-0.4, -0.2) is 11.5 Å². The van der Waals surface area contributed by atoms with E-state index in [1.165, 1.54) is 21.7 Å². The largest absolute Gasteiger partial charge is 0.370 e. The van der Waals surface area contributed by atoms with Crippen molar-refractivity contribution in [2.24, 2.45) is 0 Å². The maximum atomic E-state index is 4.95. The summed E-state index contributed by atoms with van der Waals surface area (Å²) in [5.41, 5.74) is 2.39. The summed E-state index contributed by atoms with van der Waals surface area (Å²) in [6.45, 7) is 7.59. The van der Waals surface area contributed by atoms with E-state index in [9.17, 15) is 0 Å². The van der Waals surface area contributed by atoms with Crippen LogP contribution >= 0.6 is 0 Å². The number of nitrogens with one attached hydrogen (secondary N) is 1. The van der Waals surface area contributed by atoms with Crippen LogP contribution < -0.4 is 5.32 Å². The lowest BCUT2D eigenvalue weighted by Crippen LogP contribution is -2.06. The monoisotopic (exact) mass is 278 g/mol. The van der Waals surface area contributed by atoms with Crippen molar-refractivity contribution in [3.05, 3.63) is 48.0 Å². The predicted molar refractivity (Wildman–Crippen MR) is 92.1 cm³/mol. The summed E-state index contributed by atoms with van der Waals surface area (Å²) in [5.74, 6) is 1.50. The number of fused-ring (bicyclic) bond motifs is 3. The van der Waals surface area contributed by atoms with Crippen molar-refractivity contribution in [2.45, 2.75) is 33.1 Å². The summed E-state index contributed by atoms with van der Waals surface area (Å²) in [6, 6.07) is 15.1. The van der Waals surface area contributed by atoms with E-state index >= 15 is 0 Å². The molecule has 0 fully saturated rings. The van der Waals surface area contributed by atoms with Gasteiger partial charge in [-0.25, -0.2) is 4.98 Å². The molecule has 21 heavy (non-hydrogen) atoms. The number of hydrogen-bond acceptors (Lipinski definition) is 2. The van der Waals surface area contributed by atoms with Crippen molar-refractivity contribution in [3.63, 3.8) is 0 Å². The maximum absolute atomic E-state index is 4.95. The maximum Gasteiger partial charge on any atom is 0.130 e. The highest BCUT2D eigenvalue weighted by Gasteiger charge is 2.11. The van der Waals surface area contributed by atoms with E-state index in [0.29, 0.717) is 5.92 Å². The zero-order chi connectivity index (χ0) is 14.8. The molecule has 0 saturated heterocycles. The molecule has 0 bridgehead atoms. The van der Waals surface area contributed by atoms with E-state index < -0.39 is 0 Å². The number of nitrogens with zero attached hydrogens (tertiary/aromatic N) is 1. The lowest BCUT2D eigenvalue weighted by molar-refractivity contribution is 0.857. The molecule has 0 spiro atoms. The van der Waals surface area contributed by atoms with Crippen molar-refractivity contribution >= 4 is 27.5 Å². The second-order valence-corrected chi connectivity index (χ2v) is 5.87. The summed E-state index contributed by atoms with van der Waals surface area (Å²) in [6.07, 6.45) is 1.10. The summed E-state index contributed by atoms with van der Waals surface area (Å²) in [4.78, 5) is 4.95. The van der Waals surface area contributed by atoms with Gasteiger partial charge in [-0.05, 0) is 29.4 Å². The summed E-state index contributed by atoms with van der Waals surface area (Å²) in [5, 5.41) is 7.18. The average molecular weight is 278 g/mol. The topological polar surface area (TPSA) is 24.9 Å². The molecule has 0 unspecified atom stereocenters.